The molecular weight excluding hydrogens is 148 g/mol. The molecule has 1 aliphatic rings. The summed E-state index contributed by atoms with van der Waals surface area (Å²) in [5.41, 5.74) is 1.40. The second-order valence-electron chi connectivity index (χ2n) is 3.48. The van der Waals surface area contributed by atoms with Crippen LogP contribution in [0, 0.1) is 0 Å². The quantitative estimate of drug-likeness (QED) is 0.652. The van der Waals surface area contributed by atoms with Gasteiger partial charge in [0.25, 0.3) is 0 Å². The minimum atomic E-state index is 0.771. The highest BCUT2D eigenvalue weighted by atomic mass is 15.2. The lowest BCUT2D eigenvalue weighted by molar-refractivity contribution is 0.126. The van der Waals surface area contributed by atoms with Gasteiger partial charge in [0, 0.05) is 18.4 Å². The maximum Gasteiger partial charge on any atom is 0.0270 e. The minimum Gasteiger partial charge on any atom is -0.303 e. The Kier molecular flexibility index (Phi) is 2.09. The zero-order valence-corrected chi connectivity index (χ0v) is 7.40. The molecule has 2 heterocycles. The Morgan fingerprint density at radius 1 is 1.50 bits per heavy atom. The van der Waals surface area contributed by atoms with E-state index in [1.165, 1.54) is 24.9 Å². The molecule has 1 atom stereocenters. The van der Waals surface area contributed by atoms with Gasteiger partial charge in [0.05, 0.1) is 0 Å². The van der Waals surface area contributed by atoms with E-state index in [0.717, 1.165) is 6.04 Å². The molecule has 0 spiro atoms. The summed E-state index contributed by atoms with van der Waals surface area (Å²) in [4.78, 5) is 6.41. The monoisotopic (exact) mass is 162 g/mol. The van der Waals surface area contributed by atoms with Crippen molar-refractivity contribution in [3.63, 3.8) is 0 Å². The van der Waals surface area contributed by atoms with Gasteiger partial charge in [-0.1, -0.05) is 0 Å². The summed E-state index contributed by atoms with van der Waals surface area (Å²) in [6.07, 6.45) is 6.26. The molecule has 1 aromatic heterocycles. The summed E-state index contributed by atoms with van der Waals surface area (Å²) < 4.78 is 0. The normalized spacial score (nSPS) is 23.6. The van der Waals surface area contributed by atoms with Gasteiger partial charge < -0.3 is 4.90 Å². The fraction of sp³-hybridized carbons (Fsp3) is 0.500. The van der Waals surface area contributed by atoms with E-state index in [0.29, 0.717) is 0 Å². The van der Waals surface area contributed by atoms with Gasteiger partial charge in [0.15, 0.2) is 0 Å². The Balaban J connectivity index is 1.95. The van der Waals surface area contributed by atoms with E-state index >= 15 is 0 Å². The van der Waals surface area contributed by atoms with Gasteiger partial charge in [-0.25, -0.2) is 0 Å². The van der Waals surface area contributed by atoms with Crippen molar-refractivity contribution in [2.75, 3.05) is 13.6 Å². The fourth-order valence-electron chi connectivity index (χ4n) is 1.62. The number of hydrogen-bond acceptors (Lipinski definition) is 2. The van der Waals surface area contributed by atoms with Crippen LogP contribution in [0.1, 0.15) is 12.0 Å². The molecule has 0 bridgehead atoms. The van der Waals surface area contributed by atoms with Crippen molar-refractivity contribution < 1.29 is 0 Å². The van der Waals surface area contributed by atoms with Crippen LogP contribution in [0.4, 0.5) is 0 Å². The van der Waals surface area contributed by atoms with Crippen molar-refractivity contribution in [2.45, 2.75) is 18.9 Å². The van der Waals surface area contributed by atoms with Crippen LogP contribution in [0.15, 0.2) is 24.5 Å². The predicted octanol–water partition coefficient (Wildman–Crippen LogP) is 1.33. The lowest BCUT2D eigenvalue weighted by atomic mass is 9.97. The van der Waals surface area contributed by atoms with E-state index in [2.05, 4.69) is 29.1 Å². The number of likely N-dealkylation sites (tertiary alicyclic amines) is 1. The first-order valence-electron chi connectivity index (χ1n) is 4.45. The fourth-order valence-corrected chi connectivity index (χ4v) is 1.62. The molecule has 1 fully saturated rings. The van der Waals surface area contributed by atoms with Crippen LogP contribution >= 0.6 is 0 Å². The first-order valence-corrected chi connectivity index (χ1v) is 4.45. The van der Waals surface area contributed by atoms with E-state index in [9.17, 15) is 0 Å². The molecule has 2 nitrogen and oxygen atoms in total. The molecule has 2 heteroatoms. The highest BCUT2D eigenvalue weighted by molar-refractivity contribution is 5.12. The smallest absolute Gasteiger partial charge is 0.0270 e. The van der Waals surface area contributed by atoms with Gasteiger partial charge in [0.2, 0.25) is 0 Å². The molecule has 1 aromatic rings. The molecule has 12 heavy (non-hydrogen) atoms. The van der Waals surface area contributed by atoms with Gasteiger partial charge >= 0.3 is 0 Å². The summed E-state index contributed by atoms with van der Waals surface area (Å²) >= 11 is 0. The van der Waals surface area contributed by atoms with E-state index in [1.54, 1.807) is 0 Å². The van der Waals surface area contributed by atoms with Crippen LogP contribution in [0.25, 0.3) is 0 Å². The summed E-state index contributed by atoms with van der Waals surface area (Å²) in [5, 5.41) is 0. The number of likely N-dealkylation sites (N-methyl/N-ethyl adjacent to an activating group) is 1. The highest BCUT2D eigenvalue weighted by Crippen LogP contribution is 2.18. The first-order chi connectivity index (χ1) is 5.86. The molecule has 0 aliphatic carbocycles. The van der Waals surface area contributed by atoms with Crippen molar-refractivity contribution >= 4 is 0 Å². The van der Waals surface area contributed by atoms with Crippen molar-refractivity contribution in [2.24, 2.45) is 0 Å². The molecule has 2 rings (SSSR count). The number of aromatic nitrogens is 1. The third-order valence-corrected chi connectivity index (χ3v) is 2.66. The van der Waals surface area contributed by atoms with Crippen molar-refractivity contribution in [1.29, 1.82) is 0 Å². The van der Waals surface area contributed by atoms with Crippen molar-refractivity contribution in [3.8, 4) is 0 Å². The zero-order valence-electron chi connectivity index (χ0n) is 7.40. The Labute approximate surface area is 73.2 Å². The molecule has 1 saturated heterocycles. The lowest BCUT2D eigenvalue weighted by Crippen LogP contribution is -2.45. The van der Waals surface area contributed by atoms with E-state index in [1.807, 2.05) is 12.4 Å². The van der Waals surface area contributed by atoms with Crippen LogP contribution in [0.5, 0.6) is 0 Å². The molecule has 0 N–H and O–H groups in total. The van der Waals surface area contributed by atoms with Crippen molar-refractivity contribution in [3.05, 3.63) is 30.1 Å². The summed E-state index contributed by atoms with van der Waals surface area (Å²) in [5.74, 6) is 0. The van der Waals surface area contributed by atoms with Crippen LogP contribution in [-0.4, -0.2) is 29.5 Å². The standard InChI is InChI=1S/C10H14N2/c1-12-7-4-10(12)8-9-2-5-11-6-3-9/h2-3,5-6,10H,4,7-8H2,1H3. The summed E-state index contributed by atoms with van der Waals surface area (Å²) in [6.45, 7) is 1.26. The van der Waals surface area contributed by atoms with Gasteiger partial charge in [0.1, 0.15) is 0 Å². The summed E-state index contributed by atoms with van der Waals surface area (Å²) in [7, 11) is 2.19. The van der Waals surface area contributed by atoms with E-state index in [-0.39, 0.29) is 0 Å². The minimum absolute atomic E-state index is 0.771. The number of nitrogens with zero attached hydrogens (tertiary/aromatic N) is 2. The Morgan fingerprint density at radius 2 is 2.25 bits per heavy atom. The van der Waals surface area contributed by atoms with Crippen molar-refractivity contribution in [1.82, 2.24) is 9.88 Å². The van der Waals surface area contributed by atoms with Crippen LogP contribution in [-0.2, 0) is 6.42 Å². The van der Waals surface area contributed by atoms with Gasteiger partial charge in [-0.2, -0.15) is 0 Å². The molecule has 0 saturated carbocycles. The second kappa shape index (κ2) is 3.23. The summed E-state index contributed by atoms with van der Waals surface area (Å²) in [6, 6.07) is 4.98. The maximum atomic E-state index is 4.00. The third kappa shape index (κ3) is 1.48. The largest absolute Gasteiger partial charge is 0.303 e. The average molecular weight is 162 g/mol. The Bertz CT molecular complexity index is 245. The second-order valence-corrected chi connectivity index (χ2v) is 3.48. The molecule has 1 aliphatic heterocycles. The van der Waals surface area contributed by atoms with Gasteiger partial charge in [-0.05, 0) is 44.1 Å². The first kappa shape index (κ1) is 7.74. The van der Waals surface area contributed by atoms with Gasteiger partial charge in [-0.3, -0.25) is 4.98 Å². The topological polar surface area (TPSA) is 16.1 Å². The lowest BCUT2D eigenvalue weighted by Gasteiger charge is -2.37. The highest BCUT2D eigenvalue weighted by Gasteiger charge is 2.23. The zero-order chi connectivity index (χ0) is 8.39. The Hall–Kier alpha value is -0.890. The number of rotatable bonds is 2. The predicted molar refractivity (Wildman–Crippen MR) is 49.0 cm³/mol. The number of pyridine rings is 1. The molecule has 1 unspecified atom stereocenters. The Morgan fingerprint density at radius 3 is 2.75 bits per heavy atom. The SMILES string of the molecule is CN1CCC1Cc1ccncc1. The van der Waals surface area contributed by atoms with E-state index < -0.39 is 0 Å². The van der Waals surface area contributed by atoms with Crippen LogP contribution in [0.3, 0.4) is 0 Å². The van der Waals surface area contributed by atoms with Crippen LogP contribution < -0.4 is 0 Å². The molecule has 64 valence electrons. The molecule has 0 aromatic carbocycles. The molecule has 0 amide bonds. The maximum absolute atomic E-state index is 4.00. The van der Waals surface area contributed by atoms with Crippen LogP contribution in [0.2, 0.25) is 0 Å². The third-order valence-electron chi connectivity index (χ3n) is 2.66. The van der Waals surface area contributed by atoms with Gasteiger partial charge in [-0.15, -0.1) is 0 Å². The van der Waals surface area contributed by atoms with E-state index in [4.69, 9.17) is 0 Å². The molecule has 0 radical (unpaired) electrons. The average Bonchev–Trinajstić information content (AvgIpc) is 2.14. The number of hydrogen-bond donors (Lipinski definition) is 0. The molecular formula is C10H14N2.